The van der Waals surface area contributed by atoms with Gasteiger partial charge in [0.2, 0.25) is 0 Å². The number of aryl methyl sites for hydroxylation is 3. The summed E-state index contributed by atoms with van der Waals surface area (Å²) >= 11 is 0. The molecule has 1 aromatic heterocycles. The van der Waals surface area contributed by atoms with Crippen molar-refractivity contribution >= 4 is 18.3 Å². The highest BCUT2D eigenvalue weighted by Gasteiger charge is 2.06. The average molecular weight is 305 g/mol. The van der Waals surface area contributed by atoms with Gasteiger partial charge in [0, 0.05) is 18.9 Å². The van der Waals surface area contributed by atoms with Crippen LogP contribution in [0.25, 0.3) is 0 Å². The lowest BCUT2D eigenvalue weighted by molar-refractivity contribution is 0.0954. The van der Waals surface area contributed by atoms with E-state index >= 15 is 0 Å². The number of rotatable bonds is 4. The zero-order valence-electron chi connectivity index (χ0n) is 12.6. The first-order valence-corrected chi connectivity index (χ1v) is 6.83. The highest BCUT2D eigenvalue weighted by Crippen LogP contribution is 2.15. The number of nitrogens with one attached hydrogen (secondary N) is 1. The van der Waals surface area contributed by atoms with Crippen LogP contribution in [0, 0.1) is 20.8 Å². The van der Waals surface area contributed by atoms with Crippen LogP contribution in [0.4, 0.5) is 0 Å². The number of halogens is 1. The Balaban J connectivity index is 0.00000220. The number of pyridine rings is 1. The molecule has 2 aromatic rings. The van der Waals surface area contributed by atoms with Gasteiger partial charge in [-0.2, -0.15) is 0 Å². The van der Waals surface area contributed by atoms with E-state index in [9.17, 15) is 4.79 Å². The summed E-state index contributed by atoms with van der Waals surface area (Å²) in [5.41, 5.74) is 5.78. The molecule has 0 saturated heterocycles. The summed E-state index contributed by atoms with van der Waals surface area (Å²) in [6, 6.07) is 7.94. The smallest absolute Gasteiger partial charge is 0.252 e. The topological polar surface area (TPSA) is 42.0 Å². The van der Waals surface area contributed by atoms with Crippen LogP contribution in [0.1, 0.15) is 32.6 Å². The van der Waals surface area contributed by atoms with Crippen LogP contribution in [0.2, 0.25) is 0 Å². The molecule has 0 unspecified atom stereocenters. The minimum Gasteiger partial charge on any atom is -0.352 e. The van der Waals surface area contributed by atoms with E-state index in [1.165, 1.54) is 22.3 Å². The van der Waals surface area contributed by atoms with Crippen molar-refractivity contribution in [3.05, 3.63) is 64.5 Å². The van der Waals surface area contributed by atoms with E-state index in [2.05, 4.69) is 43.2 Å². The van der Waals surface area contributed by atoms with E-state index in [4.69, 9.17) is 0 Å². The average Bonchev–Trinajstić information content (AvgIpc) is 2.45. The fraction of sp³-hybridized carbons (Fsp3) is 0.294. The fourth-order valence-electron chi connectivity index (χ4n) is 2.20. The Kier molecular flexibility index (Phi) is 6.38. The Morgan fingerprint density at radius 1 is 1.14 bits per heavy atom. The van der Waals surface area contributed by atoms with Crippen molar-refractivity contribution in [1.82, 2.24) is 10.3 Å². The summed E-state index contributed by atoms with van der Waals surface area (Å²) in [6.45, 7) is 6.99. The molecule has 1 aromatic carbocycles. The van der Waals surface area contributed by atoms with E-state index in [0.717, 1.165) is 6.42 Å². The molecule has 0 saturated carbocycles. The standard InChI is InChI=1S/C17H20N2O.ClH/c1-12-9-14(3)15(10-13(12)2)6-8-19-17(20)16-5-4-7-18-11-16;/h4-5,7,9-11H,6,8H2,1-3H3,(H,19,20);1H. The Bertz CT molecular complexity index is 612. The third-order valence-electron chi connectivity index (χ3n) is 3.56. The molecule has 0 spiro atoms. The molecule has 0 bridgehead atoms. The van der Waals surface area contributed by atoms with Gasteiger partial charge in [-0.15, -0.1) is 12.4 Å². The van der Waals surface area contributed by atoms with Gasteiger partial charge >= 0.3 is 0 Å². The first-order valence-electron chi connectivity index (χ1n) is 6.83. The molecular formula is C17H21ClN2O. The lowest BCUT2D eigenvalue weighted by Gasteiger charge is -2.10. The van der Waals surface area contributed by atoms with Gasteiger partial charge in [-0.1, -0.05) is 12.1 Å². The molecule has 112 valence electrons. The molecule has 0 aliphatic heterocycles. The minimum absolute atomic E-state index is 0. The maximum Gasteiger partial charge on any atom is 0.252 e. The van der Waals surface area contributed by atoms with Gasteiger partial charge in [0.1, 0.15) is 0 Å². The summed E-state index contributed by atoms with van der Waals surface area (Å²) in [4.78, 5) is 15.8. The second kappa shape index (κ2) is 7.79. The summed E-state index contributed by atoms with van der Waals surface area (Å²) in [7, 11) is 0. The summed E-state index contributed by atoms with van der Waals surface area (Å²) in [5, 5.41) is 2.93. The van der Waals surface area contributed by atoms with Crippen LogP contribution in [0.3, 0.4) is 0 Å². The van der Waals surface area contributed by atoms with Crippen molar-refractivity contribution in [3.63, 3.8) is 0 Å². The fourth-order valence-corrected chi connectivity index (χ4v) is 2.20. The molecule has 0 atom stereocenters. The lowest BCUT2D eigenvalue weighted by atomic mass is 9.99. The second-order valence-corrected chi connectivity index (χ2v) is 5.11. The third-order valence-corrected chi connectivity index (χ3v) is 3.56. The van der Waals surface area contributed by atoms with Crippen LogP contribution in [-0.2, 0) is 6.42 Å². The maximum atomic E-state index is 11.9. The van der Waals surface area contributed by atoms with Crippen molar-refractivity contribution in [2.45, 2.75) is 27.2 Å². The monoisotopic (exact) mass is 304 g/mol. The first kappa shape index (κ1) is 17.2. The third kappa shape index (κ3) is 4.57. The van der Waals surface area contributed by atoms with Crippen molar-refractivity contribution in [3.8, 4) is 0 Å². The van der Waals surface area contributed by atoms with E-state index in [1.54, 1.807) is 24.5 Å². The molecule has 21 heavy (non-hydrogen) atoms. The molecule has 2 rings (SSSR count). The lowest BCUT2D eigenvalue weighted by Crippen LogP contribution is -2.25. The highest BCUT2D eigenvalue weighted by atomic mass is 35.5. The Morgan fingerprint density at radius 2 is 1.86 bits per heavy atom. The van der Waals surface area contributed by atoms with Crippen LogP contribution >= 0.6 is 12.4 Å². The molecule has 1 N–H and O–H groups in total. The maximum absolute atomic E-state index is 11.9. The number of nitrogens with zero attached hydrogens (tertiary/aromatic N) is 1. The van der Waals surface area contributed by atoms with Crippen molar-refractivity contribution < 1.29 is 4.79 Å². The van der Waals surface area contributed by atoms with Gasteiger partial charge < -0.3 is 5.32 Å². The number of carbonyl (C=O) groups excluding carboxylic acids is 1. The molecule has 0 fully saturated rings. The number of hydrogen-bond donors (Lipinski definition) is 1. The quantitative estimate of drug-likeness (QED) is 0.940. The SMILES string of the molecule is Cc1cc(C)c(CCNC(=O)c2cccnc2)cc1C.Cl. The van der Waals surface area contributed by atoms with Crippen LogP contribution in [0.5, 0.6) is 0 Å². The highest BCUT2D eigenvalue weighted by molar-refractivity contribution is 5.93. The number of hydrogen-bond acceptors (Lipinski definition) is 2. The molecule has 3 nitrogen and oxygen atoms in total. The van der Waals surface area contributed by atoms with Crippen LogP contribution in [0.15, 0.2) is 36.7 Å². The van der Waals surface area contributed by atoms with Crippen molar-refractivity contribution in [1.29, 1.82) is 0 Å². The predicted molar refractivity (Wildman–Crippen MR) is 88.2 cm³/mol. The van der Waals surface area contributed by atoms with Crippen LogP contribution in [-0.4, -0.2) is 17.4 Å². The van der Waals surface area contributed by atoms with E-state index in [0.29, 0.717) is 12.1 Å². The summed E-state index contributed by atoms with van der Waals surface area (Å²) in [6.07, 6.45) is 4.09. The normalized spacial score (nSPS) is 9.86. The summed E-state index contributed by atoms with van der Waals surface area (Å²) in [5.74, 6) is -0.0698. The molecule has 0 aliphatic rings. The van der Waals surface area contributed by atoms with Crippen molar-refractivity contribution in [2.24, 2.45) is 0 Å². The minimum atomic E-state index is -0.0698. The Morgan fingerprint density at radius 3 is 2.52 bits per heavy atom. The number of benzene rings is 1. The number of carbonyl (C=O) groups is 1. The van der Waals surface area contributed by atoms with E-state index in [1.807, 2.05) is 0 Å². The van der Waals surface area contributed by atoms with Crippen molar-refractivity contribution in [2.75, 3.05) is 6.54 Å². The molecule has 4 heteroatoms. The number of aromatic nitrogens is 1. The molecule has 0 aliphatic carbocycles. The molecular weight excluding hydrogens is 284 g/mol. The predicted octanol–water partition coefficient (Wildman–Crippen LogP) is 3.40. The largest absolute Gasteiger partial charge is 0.352 e. The zero-order chi connectivity index (χ0) is 14.5. The van der Waals surface area contributed by atoms with Gasteiger partial charge in [0.05, 0.1) is 5.56 Å². The van der Waals surface area contributed by atoms with Gasteiger partial charge in [-0.05, 0) is 61.6 Å². The molecule has 0 radical (unpaired) electrons. The van der Waals surface area contributed by atoms with E-state index < -0.39 is 0 Å². The Labute approximate surface area is 132 Å². The number of amides is 1. The summed E-state index contributed by atoms with van der Waals surface area (Å²) < 4.78 is 0. The zero-order valence-corrected chi connectivity index (χ0v) is 13.5. The van der Waals surface area contributed by atoms with Gasteiger partial charge in [0.25, 0.3) is 5.91 Å². The second-order valence-electron chi connectivity index (χ2n) is 5.11. The van der Waals surface area contributed by atoms with Gasteiger partial charge in [-0.25, -0.2) is 0 Å². The molecule has 1 heterocycles. The Hall–Kier alpha value is -1.87. The van der Waals surface area contributed by atoms with Gasteiger partial charge in [-0.3, -0.25) is 9.78 Å². The molecule has 1 amide bonds. The first-order chi connectivity index (χ1) is 9.58. The van der Waals surface area contributed by atoms with E-state index in [-0.39, 0.29) is 18.3 Å². The van der Waals surface area contributed by atoms with Crippen LogP contribution < -0.4 is 5.32 Å². The van der Waals surface area contributed by atoms with Gasteiger partial charge in [0.15, 0.2) is 0 Å².